The summed E-state index contributed by atoms with van der Waals surface area (Å²) in [5, 5.41) is 0. The Kier molecular flexibility index (Phi) is 6.77. The second-order valence-corrected chi connectivity index (χ2v) is 4.63. The van der Waals surface area contributed by atoms with E-state index in [1.54, 1.807) is 19.1 Å². The maximum absolute atomic E-state index is 11.9. The van der Waals surface area contributed by atoms with Gasteiger partial charge in [0.15, 0.2) is 0 Å². The van der Waals surface area contributed by atoms with E-state index in [2.05, 4.69) is 0 Å². The molecule has 4 heteroatoms. The minimum Gasteiger partial charge on any atom is -0.465 e. The number of hydrogen-bond donors (Lipinski definition) is 0. The number of ether oxygens (including phenoxy) is 2. The molecule has 0 atom stereocenters. The van der Waals surface area contributed by atoms with Crippen LogP contribution in [0.1, 0.15) is 48.2 Å². The van der Waals surface area contributed by atoms with Gasteiger partial charge in [-0.25, -0.2) is 4.79 Å². The molecule has 0 aliphatic heterocycles. The molecule has 0 fully saturated rings. The zero-order valence-electron chi connectivity index (χ0n) is 12.4. The molecule has 0 N–H and O–H groups in total. The second kappa shape index (κ2) is 8.35. The molecular formula is C16H22O4. The van der Waals surface area contributed by atoms with Gasteiger partial charge in [-0.1, -0.05) is 31.0 Å². The molecule has 0 saturated carbocycles. The van der Waals surface area contributed by atoms with E-state index in [0.717, 1.165) is 18.4 Å². The van der Waals surface area contributed by atoms with Crippen LogP contribution in [0.2, 0.25) is 0 Å². The van der Waals surface area contributed by atoms with E-state index in [4.69, 9.17) is 9.47 Å². The molecule has 0 heterocycles. The van der Waals surface area contributed by atoms with Crippen molar-refractivity contribution in [3.05, 3.63) is 34.9 Å². The minimum atomic E-state index is -0.396. The van der Waals surface area contributed by atoms with Gasteiger partial charge in [0, 0.05) is 0 Å². The summed E-state index contributed by atoms with van der Waals surface area (Å²) < 4.78 is 10.1. The molecule has 0 amide bonds. The monoisotopic (exact) mass is 278 g/mol. The van der Waals surface area contributed by atoms with Gasteiger partial charge in [-0.15, -0.1) is 0 Å². The number of hydrogen-bond acceptors (Lipinski definition) is 4. The predicted octanol–water partition coefficient (Wildman–Crippen LogP) is 3.06. The van der Waals surface area contributed by atoms with Gasteiger partial charge in [0.05, 0.1) is 25.2 Å². The van der Waals surface area contributed by atoms with Crippen molar-refractivity contribution >= 4 is 11.9 Å². The largest absolute Gasteiger partial charge is 0.465 e. The lowest BCUT2D eigenvalue weighted by molar-refractivity contribution is -0.142. The molecule has 0 unspecified atom stereocenters. The molecule has 4 nitrogen and oxygen atoms in total. The van der Waals surface area contributed by atoms with E-state index in [0.29, 0.717) is 24.3 Å². The summed E-state index contributed by atoms with van der Waals surface area (Å²) >= 11 is 0. The molecule has 1 aromatic rings. The Hall–Kier alpha value is -1.84. The van der Waals surface area contributed by atoms with Gasteiger partial charge in [-0.2, -0.15) is 0 Å². The lowest BCUT2D eigenvalue weighted by Gasteiger charge is -2.10. The topological polar surface area (TPSA) is 52.6 Å². The molecule has 0 aromatic heterocycles. The third-order valence-electron chi connectivity index (χ3n) is 2.86. The second-order valence-electron chi connectivity index (χ2n) is 4.63. The van der Waals surface area contributed by atoms with Crippen LogP contribution in [-0.4, -0.2) is 25.2 Å². The average Bonchev–Trinajstić information content (AvgIpc) is 2.41. The Morgan fingerprint density at radius 3 is 2.55 bits per heavy atom. The molecular weight excluding hydrogens is 256 g/mol. The quantitative estimate of drug-likeness (QED) is 0.568. The van der Waals surface area contributed by atoms with Crippen molar-refractivity contribution in [1.29, 1.82) is 0 Å². The Morgan fingerprint density at radius 1 is 1.15 bits per heavy atom. The van der Waals surface area contributed by atoms with E-state index in [-0.39, 0.29) is 12.4 Å². The Balaban J connectivity index is 2.78. The summed E-state index contributed by atoms with van der Waals surface area (Å²) in [5.74, 6) is -0.708. The molecule has 0 radical (unpaired) electrons. The van der Waals surface area contributed by atoms with Gasteiger partial charge in [0.1, 0.15) is 0 Å². The molecule has 110 valence electrons. The highest BCUT2D eigenvalue weighted by atomic mass is 16.5. The predicted molar refractivity (Wildman–Crippen MR) is 76.7 cm³/mol. The summed E-state index contributed by atoms with van der Waals surface area (Å²) in [4.78, 5) is 23.6. The van der Waals surface area contributed by atoms with Gasteiger partial charge in [0.25, 0.3) is 0 Å². The summed E-state index contributed by atoms with van der Waals surface area (Å²) in [5.41, 5.74) is 2.05. The maximum Gasteiger partial charge on any atom is 0.338 e. The molecule has 1 rings (SSSR count). The third-order valence-corrected chi connectivity index (χ3v) is 2.86. The van der Waals surface area contributed by atoms with Gasteiger partial charge in [-0.3, -0.25) is 4.79 Å². The first kappa shape index (κ1) is 16.2. The van der Waals surface area contributed by atoms with Crippen LogP contribution in [-0.2, 0) is 20.7 Å². The van der Waals surface area contributed by atoms with E-state index in [9.17, 15) is 9.59 Å². The number of carbonyl (C=O) groups is 2. The first-order valence-electron chi connectivity index (χ1n) is 7.00. The number of carbonyl (C=O) groups excluding carboxylic acids is 2. The highest BCUT2D eigenvalue weighted by Crippen LogP contribution is 2.15. The number of esters is 2. The number of unbranched alkanes of at least 4 members (excludes halogenated alkanes) is 1. The van der Waals surface area contributed by atoms with Crippen LogP contribution >= 0.6 is 0 Å². The van der Waals surface area contributed by atoms with Crippen LogP contribution in [0.5, 0.6) is 0 Å². The Bertz CT molecular complexity index is 466. The average molecular weight is 278 g/mol. The highest BCUT2D eigenvalue weighted by molar-refractivity contribution is 5.92. The fraction of sp³-hybridized carbons (Fsp3) is 0.500. The van der Waals surface area contributed by atoms with Gasteiger partial charge in [-0.05, 0) is 31.9 Å². The third kappa shape index (κ3) is 5.03. The summed E-state index contributed by atoms with van der Waals surface area (Å²) in [6.07, 6.45) is 1.93. The lowest BCUT2D eigenvalue weighted by atomic mass is 10.0. The lowest BCUT2D eigenvalue weighted by Crippen LogP contribution is -2.14. The van der Waals surface area contributed by atoms with E-state index in [1.165, 1.54) is 0 Å². The maximum atomic E-state index is 11.9. The number of benzene rings is 1. The zero-order chi connectivity index (χ0) is 15.0. The molecule has 20 heavy (non-hydrogen) atoms. The van der Waals surface area contributed by atoms with Crippen molar-refractivity contribution in [3.8, 4) is 0 Å². The highest BCUT2D eigenvalue weighted by Gasteiger charge is 2.15. The van der Waals surface area contributed by atoms with E-state index in [1.807, 2.05) is 19.9 Å². The van der Waals surface area contributed by atoms with Crippen LogP contribution < -0.4 is 0 Å². The van der Waals surface area contributed by atoms with Gasteiger partial charge < -0.3 is 9.47 Å². The van der Waals surface area contributed by atoms with Crippen LogP contribution in [0, 0.1) is 6.92 Å². The van der Waals surface area contributed by atoms with Crippen LogP contribution in [0.25, 0.3) is 0 Å². The first-order valence-corrected chi connectivity index (χ1v) is 7.00. The fourth-order valence-corrected chi connectivity index (χ4v) is 1.78. The van der Waals surface area contributed by atoms with Crippen molar-refractivity contribution < 1.29 is 19.1 Å². The van der Waals surface area contributed by atoms with Crippen molar-refractivity contribution in [1.82, 2.24) is 0 Å². The van der Waals surface area contributed by atoms with Crippen molar-refractivity contribution in [3.63, 3.8) is 0 Å². The number of rotatable bonds is 7. The summed E-state index contributed by atoms with van der Waals surface area (Å²) in [6.45, 7) is 6.42. The van der Waals surface area contributed by atoms with Crippen LogP contribution in [0.15, 0.2) is 18.2 Å². The molecule has 1 aromatic carbocycles. The van der Waals surface area contributed by atoms with Gasteiger partial charge in [0.2, 0.25) is 0 Å². The smallest absolute Gasteiger partial charge is 0.338 e. The summed E-state index contributed by atoms with van der Waals surface area (Å²) in [7, 11) is 0. The summed E-state index contributed by atoms with van der Waals surface area (Å²) in [6, 6.07) is 5.40. The SMILES string of the molecule is CCCCOC(=O)Cc1ccc(C)cc1C(=O)OCC. The fourth-order valence-electron chi connectivity index (χ4n) is 1.78. The van der Waals surface area contributed by atoms with Gasteiger partial charge >= 0.3 is 11.9 Å². The molecule has 0 spiro atoms. The molecule has 0 saturated heterocycles. The van der Waals surface area contributed by atoms with Crippen LogP contribution in [0.3, 0.4) is 0 Å². The Labute approximate surface area is 120 Å². The van der Waals surface area contributed by atoms with Crippen molar-refractivity contribution in [2.24, 2.45) is 0 Å². The van der Waals surface area contributed by atoms with Crippen LogP contribution in [0.4, 0.5) is 0 Å². The molecule has 0 bridgehead atoms. The van der Waals surface area contributed by atoms with Crippen molar-refractivity contribution in [2.75, 3.05) is 13.2 Å². The van der Waals surface area contributed by atoms with Crippen molar-refractivity contribution in [2.45, 2.75) is 40.0 Å². The standard InChI is InChI=1S/C16H22O4/c1-4-6-9-20-15(17)11-13-8-7-12(3)10-14(13)16(18)19-5-2/h7-8,10H,4-6,9,11H2,1-3H3. The minimum absolute atomic E-state index is 0.0954. The normalized spacial score (nSPS) is 10.2. The molecule has 0 aliphatic rings. The van der Waals surface area contributed by atoms with E-state index >= 15 is 0 Å². The van der Waals surface area contributed by atoms with E-state index < -0.39 is 5.97 Å². The zero-order valence-corrected chi connectivity index (χ0v) is 12.4. The molecule has 0 aliphatic carbocycles. The number of aryl methyl sites for hydroxylation is 1. The first-order chi connectivity index (χ1) is 9.58. The Morgan fingerprint density at radius 2 is 1.90 bits per heavy atom.